The van der Waals surface area contributed by atoms with Crippen molar-refractivity contribution in [1.82, 2.24) is 29.6 Å². The predicted molar refractivity (Wildman–Crippen MR) is 293 cm³/mol. The van der Waals surface area contributed by atoms with Crippen molar-refractivity contribution < 1.29 is 37.3 Å². The minimum absolute atomic E-state index is 0.0650. The molecule has 0 spiro atoms. The molecule has 77 heavy (non-hydrogen) atoms. The molecule has 406 valence electrons. The maximum atomic E-state index is 13.5. The number of hydrogen-bond donors (Lipinski definition) is 3. The zero-order valence-corrected chi connectivity index (χ0v) is 45.2. The minimum atomic E-state index is -4.46. The average molecular weight is 1090 g/mol. The van der Waals surface area contributed by atoms with Gasteiger partial charge in [-0.25, -0.2) is 13.1 Å². The highest BCUT2D eigenvalue weighted by atomic mass is 35.5. The van der Waals surface area contributed by atoms with E-state index in [9.17, 15) is 42.5 Å². The molecule has 20 heteroatoms. The number of hydrogen-bond acceptors (Lipinski definition) is 14. The Labute approximate surface area is 454 Å². The van der Waals surface area contributed by atoms with E-state index >= 15 is 0 Å². The van der Waals surface area contributed by atoms with Crippen molar-refractivity contribution in [2.45, 2.75) is 95.2 Å². The lowest BCUT2D eigenvalue weighted by Crippen LogP contribution is -2.54. The van der Waals surface area contributed by atoms with Gasteiger partial charge in [0.05, 0.1) is 20.9 Å². The lowest BCUT2D eigenvalue weighted by atomic mass is 9.73. The molecule has 4 aromatic rings. The van der Waals surface area contributed by atoms with Crippen LogP contribution in [0.4, 0.5) is 17.1 Å². The van der Waals surface area contributed by atoms with Crippen LogP contribution < -0.4 is 20.3 Å². The summed E-state index contributed by atoms with van der Waals surface area (Å²) in [5.74, 6) is -2.66. The largest absolute Gasteiger partial charge is 0.379 e. The molecule has 10 rings (SSSR count). The number of rotatable bonds is 15. The minimum Gasteiger partial charge on any atom is -0.379 e. The van der Waals surface area contributed by atoms with Crippen LogP contribution in [0.1, 0.15) is 114 Å². The number of piperidine rings is 1. The summed E-state index contributed by atoms with van der Waals surface area (Å²) in [6.45, 7) is 13.4. The van der Waals surface area contributed by atoms with Crippen molar-refractivity contribution >= 4 is 73.8 Å². The number of anilines is 2. The molecule has 6 aliphatic rings. The van der Waals surface area contributed by atoms with Gasteiger partial charge in [0.25, 0.3) is 33.4 Å². The van der Waals surface area contributed by atoms with Crippen molar-refractivity contribution in [3.63, 3.8) is 0 Å². The first-order chi connectivity index (χ1) is 36.9. The lowest BCUT2D eigenvalue weighted by Gasteiger charge is -2.42. The van der Waals surface area contributed by atoms with Crippen molar-refractivity contribution in [2.75, 3.05) is 75.7 Å². The number of benzene rings is 4. The van der Waals surface area contributed by atoms with Crippen LogP contribution in [-0.4, -0.2) is 140 Å². The number of fused-ring (bicyclic) bond motifs is 1. The summed E-state index contributed by atoms with van der Waals surface area (Å²) in [5.41, 5.74) is 6.74. The smallest absolute Gasteiger partial charge is 0.293 e. The van der Waals surface area contributed by atoms with Crippen LogP contribution in [0.25, 0.3) is 5.57 Å². The number of carbonyl (C=O) groups is 5. The summed E-state index contributed by atoms with van der Waals surface area (Å²) in [5, 5.41) is 18.5. The van der Waals surface area contributed by atoms with Crippen molar-refractivity contribution in [3.8, 4) is 0 Å². The first kappa shape index (κ1) is 53.9. The highest BCUT2D eigenvalue weighted by Gasteiger charge is 2.45. The van der Waals surface area contributed by atoms with Gasteiger partial charge < -0.3 is 10.2 Å². The fraction of sp³-hybridized carbons (Fsp3) is 0.456. The van der Waals surface area contributed by atoms with E-state index < -0.39 is 56.2 Å². The van der Waals surface area contributed by atoms with Crippen molar-refractivity contribution in [2.24, 2.45) is 11.3 Å². The molecule has 18 nitrogen and oxygen atoms in total. The molecular formula is C57H66ClN9O9S. The number of piperazine rings is 2. The first-order valence-electron chi connectivity index (χ1n) is 26.8. The number of nitrogens with one attached hydrogen (secondary N) is 3. The maximum Gasteiger partial charge on any atom is 0.293 e. The Kier molecular flexibility index (Phi) is 15.7. The normalized spacial score (nSPS) is 22.7. The van der Waals surface area contributed by atoms with Crippen molar-refractivity contribution in [1.29, 1.82) is 0 Å². The topological polar surface area (TPSA) is 215 Å². The third-order valence-corrected chi connectivity index (χ3v) is 18.2. The molecule has 0 bridgehead atoms. The molecule has 4 aliphatic heterocycles. The Morgan fingerprint density at radius 2 is 1.45 bits per heavy atom. The summed E-state index contributed by atoms with van der Waals surface area (Å²) in [6, 6.07) is 23.3. The van der Waals surface area contributed by atoms with E-state index in [-0.39, 0.29) is 51.4 Å². The first-order valence-corrected chi connectivity index (χ1v) is 28.7. The molecule has 0 radical (unpaired) electrons. The van der Waals surface area contributed by atoms with Gasteiger partial charge in [0.1, 0.15) is 11.7 Å². The van der Waals surface area contributed by atoms with Gasteiger partial charge >= 0.3 is 0 Å². The van der Waals surface area contributed by atoms with E-state index in [4.69, 9.17) is 11.6 Å². The van der Waals surface area contributed by atoms with Gasteiger partial charge in [0.2, 0.25) is 11.8 Å². The second-order valence-corrected chi connectivity index (χ2v) is 24.4. The summed E-state index contributed by atoms with van der Waals surface area (Å²) < 4.78 is 29.1. The number of imide groups is 2. The molecule has 4 heterocycles. The number of allylic oxidation sites excluding steroid dienone is 1. The molecule has 3 saturated heterocycles. The van der Waals surface area contributed by atoms with Crippen LogP contribution in [0, 0.1) is 21.4 Å². The van der Waals surface area contributed by atoms with E-state index in [0.29, 0.717) is 19.1 Å². The van der Waals surface area contributed by atoms with E-state index in [2.05, 4.69) is 60.9 Å². The Balaban J connectivity index is 0.664. The third kappa shape index (κ3) is 12.1. The molecule has 0 aromatic heterocycles. The number of sulfonamides is 1. The monoisotopic (exact) mass is 1090 g/mol. The van der Waals surface area contributed by atoms with Gasteiger partial charge in [-0.3, -0.25) is 59.0 Å². The number of amides is 5. The Morgan fingerprint density at radius 1 is 0.779 bits per heavy atom. The SMILES string of the molecule is CC1(C)CCC(c2ccc(Cl)cc2)=C(CN2CCN(c3ccc(C(=O)NS(=O)(=O)c4ccc(NCC5CCC(N6CCN(Cc7ccc8c(c7)C(=O)N(C7CCC(=O)NC7=O)C8=O)CC6)CC5)c([N+](=O)[O-])c4)cc3)CC2)C1. The Hall–Kier alpha value is -6.51. The molecule has 3 N–H and O–H groups in total. The standard InChI is InChI=1S/C57H66ClN9O9S/c1-57(2)22-21-46(39-6-10-42(58)11-7-39)41(33-57)36-63-25-29-65(30-26-63)44-14-8-40(9-15-44)53(69)61-77(75,76)45-16-18-49(51(32-45)67(73)74)59-34-37-3-12-43(13-4-37)64-27-23-62(24-28-64)35-38-5-17-47-48(31-38)56(72)66(55(47)71)50-19-20-52(68)60-54(50)70/h5-11,14-18,31-32,37,43,50,59H,3-4,12-13,19-30,33-36H2,1-2H3,(H,61,69)(H,60,68,70). The van der Waals surface area contributed by atoms with Crippen LogP contribution in [0.15, 0.2) is 95.4 Å². The highest BCUT2D eigenvalue weighted by Crippen LogP contribution is 2.43. The molecular weight excluding hydrogens is 1020 g/mol. The van der Waals surface area contributed by atoms with Gasteiger partial charge in [-0.2, -0.15) is 0 Å². The van der Waals surface area contributed by atoms with Gasteiger partial charge in [-0.1, -0.05) is 49.2 Å². The molecule has 1 unspecified atom stereocenters. The number of nitrogens with zero attached hydrogens (tertiary/aromatic N) is 6. The second-order valence-electron chi connectivity index (χ2n) is 22.3. The zero-order valence-electron chi connectivity index (χ0n) is 43.6. The number of carbonyl (C=O) groups excluding carboxylic acids is 5. The van der Waals surface area contributed by atoms with E-state index in [1.807, 2.05) is 30.3 Å². The molecule has 1 atom stereocenters. The quantitative estimate of drug-likeness (QED) is 0.0604. The van der Waals surface area contributed by atoms with Crippen LogP contribution in [0.3, 0.4) is 0 Å². The molecule has 5 amide bonds. The van der Waals surface area contributed by atoms with Gasteiger partial charge in [0, 0.05) is 107 Å². The summed E-state index contributed by atoms with van der Waals surface area (Å²) in [7, 11) is -4.46. The van der Waals surface area contributed by atoms with Gasteiger partial charge in [-0.05, 0) is 140 Å². The average Bonchev–Trinajstić information content (AvgIpc) is 3.75. The van der Waals surface area contributed by atoms with Gasteiger partial charge in [0.15, 0.2) is 0 Å². The Bertz CT molecular complexity index is 3110. The fourth-order valence-corrected chi connectivity index (χ4v) is 13.3. The fourth-order valence-electron chi connectivity index (χ4n) is 12.2. The maximum absolute atomic E-state index is 13.5. The van der Waals surface area contributed by atoms with Crippen molar-refractivity contribution in [3.05, 3.63) is 133 Å². The van der Waals surface area contributed by atoms with Crippen LogP contribution >= 0.6 is 11.6 Å². The number of halogens is 1. The third-order valence-electron chi connectivity index (χ3n) is 16.6. The summed E-state index contributed by atoms with van der Waals surface area (Å²) >= 11 is 6.21. The van der Waals surface area contributed by atoms with E-state index in [1.54, 1.807) is 24.3 Å². The van der Waals surface area contributed by atoms with Crippen LogP contribution in [0.5, 0.6) is 0 Å². The molecule has 4 fully saturated rings. The van der Waals surface area contributed by atoms with E-state index in [0.717, 1.165) is 131 Å². The molecule has 2 aliphatic carbocycles. The van der Waals surface area contributed by atoms with E-state index in [1.165, 1.54) is 28.8 Å². The summed E-state index contributed by atoms with van der Waals surface area (Å²) in [6.07, 6.45) is 7.20. The molecule has 4 aromatic carbocycles. The molecule has 1 saturated carbocycles. The van der Waals surface area contributed by atoms with Gasteiger partial charge in [-0.15, -0.1) is 0 Å². The summed E-state index contributed by atoms with van der Waals surface area (Å²) in [4.78, 5) is 85.8. The predicted octanol–water partition coefficient (Wildman–Crippen LogP) is 7.34. The second kappa shape index (κ2) is 22.5. The van der Waals surface area contributed by atoms with Crippen LogP contribution in [-0.2, 0) is 26.2 Å². The zero-order chi connectivity index (χ0) is 54.2. The Morgan fingerprint density at radius 3 is 2.14 bits per heavy atom. The number of nitro groups is 1. The van der Waals surface area contributed by atoms with Crippen LogP contribution in [0.2, 0.25) is 5.02 Å². The lowest BCUT2D eigenvalue weighted by molar-refractivity contribution is -0.384. The number of nitro benzene ring substituents is 1. The highest BCUT2D eigenvalue weighted by molar-refractivity contribution is 7.90.